The van der Waals surface area contributed by atoms with Gasteiger partial charge in [-0.2, -0.15) is 0 Å². The van der Waals surface area contributed by atoms with E-state index in [1.165, 1.54) is 11.1 Å². The molecular formula is C18H21NO2. The van der Waals surface area contributed by atoms with Gasteiger partial charge in [0.05, 0.1) is 13.7 Å². The number of methoxy groups -OCH3 is 1. The van der Waals surface area contributed by atoms with Crippen molar-refractivity contribution in [2.45, 2.75) is 18.9 Å². The maximum Gasteiger partial charge on any atom is 0.161 e. The molecule has 21 heavy (non-hydrogen) atoms. The highest BCUT2D eigenvalue weighted by molar-refractivity contribution is 5.39. The number of hydrogen-bond donors (Lipinski definition) is 1. The van der Waals surface area contributed by atoms with Gasteiger partial charge in [-0.05, 0) is 42.0 Å². The highest BCUT2D eigenvalue weighted by atomic mass is 16.5. The van der Waals surface area contributed by atoms with Gasteiger partial charge in [-0.25, -0.2) is 0 Å². The van der Waals surface area contributed by atoms with Gasteiger partial charge in [0.25, 0.3) is 0 Å². The predicted molar refractivity (Wildman–Crippen MR) is 83.7 cm³/mol. The summed E-state index contributed by atoms with van der Waals surface area (Å²) < 4.78 is 11.1. The van der Waals surface area contributed by atoms with E-state index in [1.54, 1.807) is 7.11 Å². The lowest BCUT2D eigenvalue weighted by Crippen LogP contribution is -2.19. The molecule has 0 heterocycles. The number of hydrogen-bond acceptors (Lipinski definition) is 3. The molecule has 2 N–H and O–H groups in total. The molecule has 0 radical (unpaired) electrons. The molecule has 0 aliphatic heterocycles. The molecule has 3 heteroatoms. The fourth-order valence-electron chi connectivity index (χ4n) is 3.05. The minimum Gasteiger partial charge on any atom is -0.493 e. The minimum absolute atomic E-state index is 0.127. The molecule has 0 aromatic heterocycles. The standard InChI is InChI=1S/C18H21NO2/c1-20-16-8-4-5-9-17(16)21-11-10-14-12-13-6-2-3-7-15(13)18(14)19/h2-9,14,18H,10-12,19H2,1H3. The Kier molecular flexibility index (Phi) is 4.11. The van der Waals surface area contributed by atoms with Crippen molar-refractivity contribution in [2.24, 2.45) is 11.7 Å². The first kappa shape index (κ1) is 14.0. The third-order valence-corrected chi connectivity index (χ3v) is 4.22. The van der Waals surface area contributed by atoms with Crippen molar-refractivity contribution in [3.63, 3.8) is 0 Å². The fourth-order valence-corrected chi connectivity index (χ4v) is 3.05. The van der Waals surface area contributed by atoms with Gasteiger partial charge in [-0.1, -0.05) is 36.4 Å². The van der Waals surface area contributed by atoms with E-state index in [0.717, 1.165) is 24.3 Å². The van der Waals surface area contributed by atoms with Gasteiger partial charge < -0.3 is 15.2 Å². The number of para-hydroxylation sites is 2. The largest absolute Gasteiger partial charge is 0.493 e. The Morgan fingerprint density at radius 3 is 2.52 bits per heavy atom. The molecule has 110 valence electrons. The van der Waals surface area contributed by atoms with Crippen molar-refractivity contribution in [2.75, 3.05) is 13.7 Å². The van der Waals surface area contributed by atoms with Gasteiger partial charge in [0.1, 0.15) is 0 Å². The van der Waals surface area contributed by atoms with Crippen LogP contribution in [0.25, 0.3) is 0 Å². The van der Waals surface area contributed by atoms with Gasteiger partial charge in [0, 0.05) is 6.04 Å². The molecule has 2 aromatic rings. The summed E-state index contributed by atoms with van der Waals surface area (Å²) in [6, 6.07) is 16.3. The summed E-state index contributed by atoms with van der Waals surface area (Å²) in [5.41, 5.74) is 9.02. The van der Waals surface area contributed by atoms with Crippen molar-refractivity contribution in [1.82, 2.24) is 0 Å². The number of ether oxygens (including phenoxy) is 2. The summed E-state index contributed by atoms with van der Waals surface area (Å²) in [6.45, 7) is 0.659. The van der Waals surface area contributed by atoms with E-state index in [1.807, 2.05) is 24.3 Å². The summed E-state index contributed by atoms with van der Waals surface area (Å²) in [5.74, 6) is 2.03. The second kappa shape index (κ2) is 6.19. The van der Waals surface area contributed by atoms with Gasteiger partial charge in [0.2, 0.25) is 0 Å². The van der Waals surface area contributed by atoms with Crippen LogP contribution < -0.4 is 15.2 Å². The molecular weight excluding hydrogens is 262 g/mol. The van der Waals surface area contributed by atoms with Gasteiger partial charge >= 0.3 is 0 Å². The van der Waals surface area contributed by atoms with Crippen LogP contribution in [0.4, 0.5) is 0 Å². The van der Waals surface area contributed by atoms with Gasteiger partial charge in [0.15, 0.2) is 11.5 Å². The molecule has 0 amide bonds. The lowest BCUT2D eigenvalue weighted by molar-refractivity contribution is 0.256. The van der Waals surface area contributed by atoms with Crippen LogP contribution in [0.1, 0.15) is 23.6 Å². The molecule has 0 saturated carbocycles. The van der Waals surface area contributed by atoms with Crippen LogP contribution >= 0.6 is 0 Å². The Balaban J connectivity index is 1.58. The lowest BCUT2D eigenvalue weighted by Gasteiger charge is -2.17. The third-order valence-electron chi connectivity index (χ3n) is 4.22. The van der Waals surface area contributed by atoms with Crippen LogP contribution in [0, 0.1) is 5.92 Å². The Morgan fingerprint density at radius 1 is 1.05 bits per heavy atom. The SMILES string of the molecule is COc1ccccc1OCCC1Cc2ccccc2C1N. The summed E-state index contributed by atoms with van der Waals surface area (Å²) in [4.78, 5) is 0. The Morgan fingerprint density at radius 2 is 1.76 bits per heavy atom. The van der Waals surface area contributed by atoms with Gasteiger partial charge in [-0.15, -0.1) is 0 Å². The summed E-state index contributed by atoms with van der Waals surface area (Å²) in [7, 11) is 1.66. The monoisotopic (exact) mass is 283 g/mol. The van der Waals surface area contributed by atoms with Crippen LogP contribution in [0.2, 0.25) is 0 Å². The van der Waals surface area contributed by atoms with Crippen LogP contribution in [-0.4, -0.2) is 13.7 Å². The smallest absolute Gasteiger partial charge is 0.161 e. The maximum absolute atomic E-state index is 6.35. The van der Waals surface area contributed by atoms with Crippen molar-refractivity contribution >= 4 is 0 Å². The lowest BCUT2D eigenvalue weighted by atomic mass is 9.98. The van der Waals surface area contributed by atoms with E-state index in [2.05, 4.69) is 24.3 Å². The summed E-state index contributed by atoms with van der Waals surface area (Å²) in [6.07, 6.45) is 2.00. The molecule has 0 saturated heterocycles. The average Bonchev–Trinajstić information content (AvgIpc) is 2.85. The molecule has 2 atom stereocenters. The zero-order valence-electron chi connectivity index (χ0n) is 12.3. The van der Waals surface area contributed by atoms with Crippen molar-refractivity contribution in [3.8, 4) is 11.5 Å². The second-order valence-corrected chi connectivity index (χ2v) is 5.48. The number of fused-ring (bicyclic) bond motifs is 1. The maximum atomic E-state index is 6.35. The molecule has 0 bridgehead atoms. The highest BCUT2D eigenvalue weighted by Crippen LogP contribution is 2.36. The van der Waals surface area contributed by atoms with Crippen molar-refractivity contribution in [1.29, 1.82) is 0 Å². The normalized spacial score (nSPS) is 20.1. The number of nitrogens with two attached hydrogens (primary N) is 1. The Hall–Kier alpha value is -2.00. The molecule has 1 aliphatic rings. The quantitative estimate of drug-likeness (QED) is 0.915. The highest BCUT2D eigenvalue weighted by Gasteiger charge is 2.28. The van der Waals surface area contributed by atoms with Crippen molar-refractivity contribution in [3.05, 3.63) is 59.7 Å². The first-order chi connectivity index (χ1) is 10.3. The van der Waals surface area contributed by atoms with Crippen LogP contribution in [-0.2, 0) is 6.42 Å². The second-order valence-electron chi connectivity index (χ2n) is 5.48. The predicted octanol–water partition coefficient (Wildman–Crippen LogP) is 3.34. The molecule has 3 nitrogen and oxygen atoms in total. The number of rotatable bonds is 5. The number of benzene rings is 2. The molecule has 1 aliphatic carbocycles. The first-order valence-electron chi connectivity index (χ1n) is 7.39. The minimum atomic E-state index is 0.127. The molecule has 0 spiro atoms. The summed E-state index contributed by atoms with van der Waals surface area (Å²) >= 11 is 0. The molecule has 0 fully saturated rings. The van der Waals surface area contributed by atoms with E-state index >= 15 is 0 Å². The van der Waals surface area contributed by atoms with Crippen LogP contribution in [0.3, 0.4) is 0 Å². The van der Waals surface area contributed by atoms with Crippen molar-refractivity contribution < 1.29 is 9.47 Å². The molecule has 2 aromatic carbocycles. The van der Waals surface area contributed by atoms with Crippen LogP contribution in [0.15, 0.2) is 48.5 Å². The van der Waals surface area contributed by atoms with E-state index < -0.39 is 0 Å². The first-order valence-corrected chi connectivity index (χ1v) is 7.39. The Labute approximate surface area is 125 Å². The molecule has 3 rings (SSSR count). The van der Waals surface area contributed by atoms with E-state index in [9.17, 15) is 0 Å². The van der Waals surface area contributed by atoms with E-state index in [0.29, 0.717) is 12.5 Å². The zero-order valence-corrected chi connectivity index (χ0v) is 12.3. The van der Waals surface area contributed by atoms with E-state index in [-0.39, 0.29) is 6.04 Å². The van der Waals surface area contributed by atoms with Gasteiger partial charge in [-0.3, -0.25) is 0 Å². The summed E-state index contributed by atoms with van der Waals surface area (Å²) in [5, 5.41) is 0. The molecule has 2 unspecified atom stereocenters. The average molecular weight is 283 g/mol. The van der Waals surface area contributed by atoms with E-state index in [4.69, 9.17) is 15.2 Å². The third kappa shape index (κ3) is 2.88. The van der Waals surface area contributed by atoms with Crippen LogP contribution in [0.5, 0.6) is 11.5 Å². The fraction of sp³-hybridized carbons (Fsp3) is 0.333. The zero-order chi connectivity index (χ0) is 14.7. The Bertz CT molecular complexity index is 612. The topological polar surface area (TPSA) is 44.5 Å².